The molecule has 35 heavy (non-hydrogen) atoms. The summed E-state index contributed by atoms with van der Waals surface area (Å²) in [5.74, 6) is -5.03. The first-order valence-electron chi connectivity index (χ1n) is 12.9. The second-order valence-electron chi connectivity index (χ2n) is 8.94. The Bertz CT molecular complexity index is 723. The number of esters is 2. The molecule has 0 aromatic rings. The van der Waals surface area contributed by atoms with Crippen LogP contribution in [0.1, 0.15) is 78.6 Å². The van der Waals surface area contributed by atoms with Crippen molar-refractivity contribution in [2.75, 3.05) is 13.2 Å². The van der Waals surface area contributed by atoms with Crippen molar-refractivity contribution in [1.29, 1.82) is 0 Å². The molecule has 1 saturated carbocycles. The Kier molecular flexibility index (Phi) is 14.9. The molecule has 0 spiro atoms. The van der Waals surface area contributed by atoms with E-state index < -0.39 is 47.7 Å². The highest BCUT2D eigenvalue weighted by Crippen LogP contribution is 2.43. The van der Waals surface area contributed by atoms with Gasteiger partial charge in [0, 0.05) is 18.8 Å². The minimum atomic E-state index is -1.21. The first kappa shape index (κ1) is 30.6. The number of ether oxygens (including phenoxy) is 2. The number of hydrogen-bond donors (Lipinski definition) is 2. The van der Waals surface area contributed by atoms with E-state index in [9.17, 15) is 24.3 Å². The molecule has 0 aliphatic heterocycles. The SMILES string of the molecule is CCCCCC(O)/C=C/C1C(C/C=C/CCCC(=O)O)C(=O)CC1C(C(=O)OCC)C(=O)OCC. The first-order valence-corrected chi connectivity index (χ1v) is 12.9. The zero-order chi connectivity index (χ0) is 26.2. The van der Waals surface area contributed by atoms with E-state index in [0.29, 0.717) is 25.7 Å². The maximum atomic E-state index is 13.0. The maximum Gasteiger partial charge on any atom is 0.320 e. The van der Waals surface area contributed by atoms with Crippen molar-refractivity contribution in [2.45, 2.75) is 84.7 Å². The molecule has 4 atom stereocenters. The second-order valence-corrected chi connectivity index (χ2v) is 8.94. The Hall–Kier alpha value is -2.48. The predicted octanol–water partition coefficient (Wildman–Crippen LogP) is 4.25. The van der Waals surface area contributed by atoms with Crippen LogP contribution in [0.5, 0.6) is 0 Å². The third kappa shape index (κ3) is 10.8. The Morgan fingerprint density at radius 1 is 1.03 bits per heavy atom. The summed E-state index contributed by atoms with van der Waals surface area (Å²) in [6.45, 7) is 5.61. The van der Waals surface area contributed by atoms with Gasteiger partial charge in [-0.15, -0.1) is 0 Å². The highest BCUT2D eigenvalue weighted by Gasteiger charge is 2.49. The van der Waals surface area contributed by atoms with Gasteiger partial charge in [-0.3, -0.25) is 19.2 Å². The Balaban J connectivity index is 3.12. The minimum absolute atomic E-state index is 0.0424. The van der Waals surface area contributed by atoms with Gasteiger partial charge in [-0.25, -0.2) is 0 Å². The van der Waals surface area contributed by atoms with E-state index in [-0.39, 0.29) is 31.8 Å². The average Bonchev–Trinajstić information content (AvgIpc) is 3.09. The van der Waals surface area contributed by atoms with Gasteiger partial charge in [-0.2, -0.15) is 0 Å². The predicted molar refractivity (Wildman–Crippen MR) is 131 cm³/mol. The molecule has 0 saturated heterocycles. The number of carbonyl (C=O) groups is 4. The largest absolute Gasteiger partial charge is 0.481 e. The molecule has 1 aliphatic carbocycles. The molecule has 0 bridgehead atoms. The fourth-order valence-electron chi connectivity index (χ4n) is 4.54. The van der Waals surface area contributed by atoms with Crippen molar-refractivity contribution in [3.05, 3.63) is 24.3 Å². The number of hydrogen-bond acceptors (Lipinski definition) is 7. The lowest BCUT2D eigenvalue weighted by Gasteiger charge is -2.26. The van der Waals surface area contributed by atoms with Crippen LogP contribution in [0.25, 0.3) is 0 Å². The van der Waals surface area contributed by atoms with Crippen LogP contribution < -0.4 is 0 Å². The van der Waals surface area contributed by atoms with E-state index in [0.717, 1.165) is 19.3 Å². The quantitative estimate of drug-likeness (QED) is 0.133. The second kappa shape index (κ2) is 17.0. The molecule has 0 aromatic heterocycles. The van der Waals surface area contributed by atoms with E-state index in [1.807, 2.05) is 12.2 Å². The van der Waals surface area contributed by atoms with Crippen LogP contribution in [-0.4, -0.2) is 53.2 Å². The van der Waals surface area contributed by atoms with E-state index in [1.54, 1.807) is 26.0 Å². The summed E-state index contributed by atoms with van der Waals surface area (Å²) in [5, 5.41) is 19.2. The topological polar surface area (TPSA) is 127 Å². The fraction of sp³-hybridized carbons (Fsp3) is 0.704. The van der Waals surface area contributed by atoms with Crippen LogP contribution in [0.15, 0.2) is 24.3 Å². The molecule has 0 radical (unpaired) electrons. The molecule has 4 unspecified atom stereocenters. The average molecular weight is 495 g/mol. The standard InChI is InChI=1S/C27H42O8/c1-4-7-10-13-19(28)16-17-20-21(14-11-8-9-12-15-24(30)31)23(29)18-22(20)25(26(32)34-5-2)27(33)35-6-3/h8,11,16-17,19-22,25,28H,4-7,9-10,12-15,18H2,1-3H3,(H,30,31)/b11-8+,17-16+. The summed E-state index contributed by atoms with van der Waals surface area (Å²) in [7, 11) is 0. The molecule has 2 N–H and O–H groups in total. The molecule has 1 rings (SSSR count). The highest BCUT2D eigenvalue weighted by atomic mass is 16.6. The van der Waals surface area contributed by atoms with Crippen molar-refractivity contribution in [3.63, 3.8) is 0 Å². The molecule has 198 valence electrons. The first-order chi connectivity index (χ1) is 16.8. The Morgan fingerprint density at radius 2 is 1.69 bits per heavy atom. The molecule has 0 heterocycles. The number of unbranched alkanes of at least 4 members (excludes halogenated alkanes) is 3. The highest BCUT2D eigenvalue weighted by molar-refractivity contribution is 5.97. The monoisotopic (exact) mass is 494 g/mol. The lowest BCUT2D eigenvalue weighted by atomic mass is 9.79. The number of rotatable bonds is 17. The number of aliphatic hydroxyl groups is 1. The fourth-order valence-corrected chi connectivity index (χ4v) is 4.54. The van der Waals surface area contributed by atoms with Gasteiger partial charge in [-0.05, 0) is 51.4 Å². The van der Waals surface area contributed by atoms with Gasteiger partial charge in [0.25, 0.3) is 0 Å². The summed E-state index contributed by atoms with van der Waals surface area (Å²) >= 11 is 0. The maximum absolute atomic E-state index is 13.0. The van der Waals surface area contributed by atoms with Crippen molar-refractivity contribution in [1.82, 2.24) is 0 Å². The zero-order valence-corrected chi connectivity index (χ0v) is 21.3. The molecular formula is C27H42O8. The van der Waals surface area contributed by atoms with Gasteiger partial charge < -0.3 is 19.7 Å². The molecule has 1 aliphatic rings. The van der Waals surface area contributed by atoms with Crippen molar-refractivity contribution in [2.24, 2.45) is 23.7 Å². The van der Waals surface area contributed by atoms with Crippen molar-refractivity contribution in [3.8, 4) is 0 Å². The van der Waals surface area contributed by atoms with Gasteiger partial charge in [0.1, 0.15) is 5.78 Å². The van der Waals surface area contributed by atoms with Crippen LogP contribution in [0.4, 0.5) is 0 Å². The molecule has 0 aromatic carbocycles. The molecular weight excluding hydrogens is 452 g/mol. The van der Waals surface area contributed by atoms with Gasteiger partial charge in [0.2, 0.25) is 0 Å². The van der Waals surface area contributed by atoms with E-state index in [4.69, 9.17) is 14.6 Å². The summed E-state index contributed by atoms with van der Waals surface area (Å²) in [6, 6.07) is 0. The number of carboxylic acids is 1. The van der Waals surface area contributed by atoms with Crippen LogP contribution in [0.2, 0.25) is 0 Å². The number of Topliss-reactive ketones (excluding diaryl/α,β-unsaturated/α-hetero) is 1. The third-order valence-corrected chi connectivity index (χ3v) is 6.30. The molecule has 0 amide bonds. The van der Waals surface area contributed by atoms with Crippen LogP contribution in [-0.2, 0) is 28.7 Å². The number of carbonyl (C=O) groups excluding carboxylic acids is 3. The molecule has 1 fully saturated rings. The van der Waals surface area contributed by atoms with E-state index in [2.05, 4.69) is 6.92 Å². The van der Waals surface area contributed by atoms with Gasteiger partial charge >= 0.3 is 17.9 Å². The van der Waals surface area contributed by atoms with Gasteiger partial charge in [-0.1, -0.05) is 50.5 Å². The lowest BCUT2D eigenvalue weighted by molar-refractivity contribution is -0.165. The van der Waals surface area contributed by atoms with Gasteiger partial charge in [0.15, 0.2) is 5.92 Å². The summed E-state index contributed by atoms with van der Waals surface area (Å²) in [5.41, 5.74) is 0. The third-order valence-electron chi connectivity index (χ3n) is 6.30. The lowest BCUT2D eigenvalue weighted by Crippen LogP contribution is -2.36. The van der Waals surface area contributed by atoms with Crippen LogP contribution >= 0.6 is 0 Å². The molecule has 8 nitrogen and oxygen atoms in total. The zero-order valence-electron chi connectivity index (χ0n) is 21.3. The van der Waals surface area contributed by atoms with Crippen molar-refractivity contribution >= 4 is 23.7 Å². The van der Waals surface area contributed by atoms with E-state index in [1.165, 1.54) is 0 Å². The molecule has 8 heteroatoms. The van der Waals surface area contributed by atoms with Crippen LogP contribution in [0.3, 0.4) is 0 Å². The number of ketones is 1. The number of carboxylic acid groups (broad SMARTS) is 1. The van der Waals surface area contributed by atoms with Crippen molar-refractivity contribution < 1.29 is 38.9 Å². The summed E-state index contributed by atoms with van der Waals surface area (Å²) in [6.07, 6.45) is 11.6. The normalized spacial score (nSPS) is 21.2. The number of aliphatic hydroxyl groups excluding tert-OH is 1. The van der Waals surface area contributed by atoms with E-state index >= 15 is 0 Å². The Morgan fingerprint density at radius 3 is 2.26 bits per heavy atom. The Labute approximate surface area is 208 Å². The summed E-state index contributed by atoms with van der Waals surface area (Å²) in [4.78, 5) is 49.2. The van der Waals surface area contributed by atoms with Crippen LogP contribution in [0, 0.1) is 23.7 Å². The van der Waals surface area contributed by atoms with Gasteiger partial charge in [0.05, 0.1) is 19.3 Å². The minimum Gasteiger partial charge on any atom is -0.481 e. The number of allylic oxidation sites excluding steroid dienone is 3. The summed E-state index contributed by atoms with van der Waals surface area (Å²) < 4.78 is 10.3. The smallest absolute Gasteiger partial charge is 0.320 e. The number of aliphatic carboxylic acids is 1.